The van der Waals surface area contributed by atoms with Crippen LogP contribution in [0.4, 0.5) is 0 Å². The Kier molecular flexibility index (Phi) is 5.75. The summed E-state index contributed by atoms with van der Waals surface area (Å²) < 4.78 is 5.17. The molecule has 1 aromatic carbocycles. The van der Waals surface area contributed by atoms with Crippen LogP contribution in [0.5, 0.6) is 5.75 Å². The van der Waals surface area contributed by atoms with Gasteiger partial charge in [-0.05, 0) is 43.2 Å². The highest BCUT2D eigenvalue weighted by Gasteiger charge is 2.20. The van der Waals surface area contributed by atoms with E-state index in [0.717, 1.165) is 17.4 Å². The number of nitrogens with one attached hydrogen (secondary N) is 1. The van der Waals surface area contributed by atoms with Gasteiger partial charge in [0.05, 0.1) is 12.7 Å². The van der Waals surface area contributed by atoms with E-state index < -0.39 is 0 Å². The summed E-state index contributed by atoms with van der Waals surface area (Å²) in [5.74, 6) is 0.649. The van der Waals surface area contributed by atoms with E-state index in [4.69, 9.17) is 10.00 Å². The second kappa shape index (κ2) is 7.56. The minimum absolute atomic E-state index is 0.605. The molecule has 2 rings (SSSR count). The highest BCUT2D eigenvalue weighted by Crippen LogP contribution is 2.27. The van der Waals surface area contributed by atoms with Crippen LogP contribution in [0.25, 0.3) is 0 Å². The molecule has 0 spiro atoms. The first-order valence-electron chi connectivity index (χ1n) is 7.10. The summed E-state index contributed by atoms with van der Waals surface area (Å²) in [6, 6.07) is 8.61. The Labute approximate surface area is 125 Å². The van der Waals surface area contributed by atoms with E-state index in [1.54, 1.807) is 7.11 Å². The fourth-order valence-electron chi connectivity index (χ4n) is 2.76. The zero-order valence-electron chi connectivity index (χ0n) is 12.2. The average molecular weight is 290 g/mol. The van der Waals surface area contributed by atoms with Crippen molar-refractivity contribution >= 4 is 11.8 Å². The summed E-state index contributed by atoms with van der Waals surface area (Å²) in [4.78, 5) is 0. The Morgan fingerprint density at radius 1 is 1.45 bits per heavy atom. The van der Waals surface area contributed by atoms with Gasteiger partial charge in [0.15, 0.2) is 0 Å². The van der Waals surface area contributed by atoms with Gasteiger partial charge >= 0.3 is 0 Å². The van der Waals surface area contributed by atoms with E-state index in [9.17, 15) is 0 Å². The molecule has 0 aromatic heterocycles. The Morgan fingerprint density at radius 3 is 3.00 bits per heavy atom. The predicted octanol–water partition coefficient (Wildman–Crippen LogP) is 3.33. The number of rotatable bonds is 5. The summed E-state index contributed by atoms with van der Waals surface area (Å²) in [5, 5.41) is 13.5. The van der Waals surface area contributed by atoms with Gasteiger partial charge in [-0.25, -0.2) is 0 Å². The van der Waals surface area contributed by atoms with Gasteiger partial charge in [0, 0.05) is 17.8 Å². The van der Waals surface area contributed by atoms with Crippen molar-refractivity contribution in [3.8, 4) is 11.8 Å². The van der Waals surface area contributed by atoms with Crippen molar-refractivity contribution < 1.29 is 4.74 Å². The van der Waals surface area contributed by atoms with Crippen LogP contribution in [-0.4, -0.2) is 24.7 Å². The fourth-order valence-corrected chi connectivity index (χ4v) is 3.59. The minimum Gasteiger partial charge on any atom is -0.495 e. The van der Waals surface area contributed by atoms with Crippen molar-refractivity contribution in [3.63, 3.8) is 0 Å². The van der Waals surface area contributed by atoms with Gasteiger partial charge in [0.1, 0.15) is 11.8 Å². The van der Waals surface area contributed by atoms with Crippen LogP contribution >= 0.6 is 11.8 Å². The lowest BCUT2D eigenvalue weighted by molar-refractivity contribution is 0.379. The Hall–Kier alpha value is -1.18. The van der Waals surface area contributed by atoms with Crippen molar-refractivity contribution in [1.82, 2.24) is 5.32 Å². The predicted molar refractivity (Wildman–Crippen MR) is 84.1 cm³/mol. The first kappa shape index (κ1) is 15.2. The SMILES string of the molecule is COc1ccc(CNC2CCCC(SC)C2)cc1C#N. The topological polar surface area (TPSA) is 45.0 Å². The smallest absolute Gasteiger partial charge is 0.136 e. The molecule has 1 N–H and O–H groups in total. The molecular weight excluding hydrogens is 268 g/mol. The van der Waals surface area contributed by atoms with Gasteiger partial charge in [-0.2, -0.15) is 17.0 Å². The van der Waals surface area contributed by atoms with Gasteiger partial charge in [-0.3, -0.25) is 0 Å². The van der Waals surface area contributed by atoms with E-state index in [0.29, 0.717) is 17.4 Å². The van der Waals surface area contributed by atoms with Crippen LogP contribution < -0.4 is 10.1 Å². The quantitative estimate of drug-likeness (QED) is 0.903. The number of hydrogen-bond donors (Lipinski definition) is 1. The highest BCUT2D eigenvalue weighted by atomic mass is 32.2. The number of ether oxygens (including phenoxy) is 1. The largest absolute Gasteiger partial charge is 0.495 e. The summed E-state index contributed by atoms with van der Waals surface area (Å²) in [6.45, 7) is 0.824. The molecule has 2 unspecified atom stereocenters. The molecule has 0 bridgehead atoms. The molecule has 0 saturated heterocycles. The first-order valence-corrected chi connectivity index (χ1v) is 8.38. The number of benzene rings is 1. The van der Waals surface area contributed by atoms with Crippen LogP contribution in [0.1, 0.15) is 36.8 Å². The Morgan fingerprint density at radius 2 is 2.30 bits per heavy atom. The van der Waals surface area contributed by atoms with Crippen LogP contribution in [0.15, 0.2) is 18.2 Å². The number of nitriles is 1. The highest BCUT2D eigenvalue weighted by molar-refractivity contribution is 7.99. The molecule has 1 saturated carbocycles. The second-order valence-electron chi connectivity index (χ2n) is 5.25. The third kappa shape index (κ3) is 3.91. The summed E-state index contributed by atoms with van der Waals surface area (Å²) >= 11 is 1.98. The van der Waals surface area contributed by atoms with E-state index in [-0.39, 0.29) is 0 Å². The molecule has 1 aromatic rings. The Bertz CT molecular complexity index is 484. The van der Waals surface area contributed by atoms with Crippen LogP contribution in [0, 0.1) is 11.3 Å². The van der Waals surface area contributed by atoms with Crippen LogP contribution in [0.2, 0.25) is 0 Å². The van der Waals surface area contributed by atoms with Crippen molar-refractivity contribution in [2.75, 3.05) is 13.4 Å². The van der Waals surface area contributed by atoms with E-state index in [1.807, 2.05) is 30.0 Å². The third-order valence-electron chi connectivity index (χ3n) is 3.94. The molecule has 0 aliphatic heterocycles. The van der Waals surface area contributed by atoms with Gasteiger partial charge in [-0.1, -0.05) is 12.5 Å². The van der Waals surface area contributed by atoms with Crippen molar-refractivity contribution in [1.29, 1.82) is 5.26 Å². The van der Waals surface area contributed by atoms with Gasteiger partial charge < -0.3 is 10.1 Å². The summed E-state index contributed by atoms with van der Waals surface area (Å²) in [6.07, 6.45) is 7.38. The van der Waals surface area contributed by atoms with E-state index in [1.165, 1.54) is 25.7 Å². The molecular formula is C16H22N2OS. The third-order valence-corrected chi connectivity index (χ3v) is 5.03. The minimum atomic E-state index is 0.605. The first-order chi connectivity index (χ1) is 9.76. The number of hydrogen-bond acceptors (Lipinski definition) is 4. The molecule has 2 atom stereocenters. The zero-order chi connectivity index (χ0) is 14.4. The van der Waals surface area contributed by atoms with Crippen LogP contribution in [0.3, 0.4) is 0 Å². The molecule has 3 nitrogen and oxygen atoms in total. The molecule has 0 heterocycles. The average Bonchev–Trinajstić information content (AvgIpc) is 2.52. The zero-order valence-corrected chi connectivity index (χ0v) is 13.0. The second-order valence-corrected chi connectivity index (χ2v) is 6.39. The molecule has 0 amide bonds. The molecule has 1 aliphatic carbocycles. The molecule has 108 valence electrons. The summed E-state index contributed by atoms with van der Waals surface area (Å²) in [7, 11) is 1.60. The fraction of sp³-hybridized carbons (Fsp3) is 0.562. The monoisotopic (exact) mass is 290 g/mol. The molecule has 0 radical (unpaired) electrons. The maximum atomic E-state index is 9.10. The Balaban J connectivity index is 1.92. The molecule has 1 fully saturated rings. The summed E-state index contributed by atoms with van der Waals surface area (Å²) in [5.41, 5.74) is 1.76. The maximum absolute atomic E-state index is 9.10. The number of thioether (sulfide) groups is 1. The van der Waals surface area contributed by atoms with Crippen LogP contribution in [-0.2, 0) is 6.54 Å². The van der Waals surface area contributed by atoms with Crippen molar-refractivity contribution in [2.45, 2.75) is 43.5 Å². The molecule has 20 heavy (non-hydrogen) atoms. The lowest BCUT2D eigenvalue weighted by Gasteiger charge is -2.28. The van der Waals surface area contributed by atoms with Gasteiger partial charge in [0.25, 0.3) is 0 Å². The van der Waals surface area contributed by atoms with Crippen molar-refractivity contribution in [2.24, 2.45) is 0 Å². The van der Waals surface area contributed by atoms with Gasteiger partial charge in [0.2, 0.25) is 0 Å². The molecule has 1 aliphatic rings. The molecule has 4 heteroatoms. The lowest BCUT2D eigenvalue weighted by atomic mass is 9.94. The van der Waals surface area contributed by atoms with E-state index in [2.05, 4.69) is 17.6 Å². The van der Waals surface area contributed by atoms with Crippen molar-refractivity contribution in [3.05, 3.63) is 29.3 Å². The number of nitrogens with zero attached hydrogens (tertiary/aromatic N) is 1. The lowest BCUT2D eigenvalue weighted by Crippen LogP contribution is -2.34. The number of methoxy groups -OCH3 is 1. The van der Waals surface area contributed by atoms with E-state index >= 15 is 0 Å². The van der Waals surface area contributed by atoms with Gasteiger partial charge in [-0.15, -0.1) is 0 Å². The standard InChI is InChI=1S/C16H22N2OS/c1-19-16-7-6-12(8-13(16)10-17)11-18-14-4-3-5-15(9-14)20-2/h6-8,14-15,18H,3-5,9,11H2,1-2H3. The maximum Gasteiger partial charge on any atom is 0.136 e. The normalized spacial score (nSPS) is 22.2.